The fraction of sp³-hybridized carbons (Fsp3) is 0.943. The van der Waals surface area contributed by atoms with Gasteiger partial charge < -0.3 is 20.3 Å². The number of unbranched alkanes of at least 4 members (excludes halogenated alkanes) is 53. The largest absolute Gasteiger partial charge is 0.466 e. The molecule has 0 aliphatic rings. The van der Waals surface area contributed by atoms with E-state index in [-0.39, 0.29) is 18.5 Å². The zero-order valence-corrected chi connectivity index (χ0v) is 51.8. The normalized spacial score (nSPS) is 12.5. The molecule has 2 unspecified atom stereocenters. The molecule has 0 bridgehead atoms. The van der Waals surface area contributed by atoms with Crippen LogP contribution >= 0.6 is 0 Å². The van der Waals surface area contributed by atoms with Crippen LogP contribution in [0.5, 0.6) is 0 Å². The Morgan fingerprint density at radius 2 is 0.618 bits per heavy atom. The van der Waals surface area contributed by atoms with Gasteiger partial charge in [0.15, 0.2) is 0 Å². The summed E-state index contributed by atoms with van der Waals surface area (Å²) in [6, 6.07) is -0.542. The number of esters is 1. The minimum Gasteiger partial charge on any atom is -0.466 e. The monoisotopic (exact) mass is 1070 g/mol. The van der Waals surface area contributed by atoms with Gasteiger partial charge in [0.2, 0.25) is 5.91 Å². The standard InChI is InChI=1S/C70H137NO5/c1-3-5-7-9-11-13-15-17-18-19-20-21-22-24-27-30-33-36-39-42-46-50-54-58-62-68(73)67(66-72)71-69(74)63-59-55-51-47-43-40-37-34-31-28-25-23-26-29-32-35-38-41-45-49-53-57-61-65-76-70(75)64-60-56-52-48-44-16-14-12-10-8-6-4-2/h12,14,67-68,72-73H,3-11,13,15-66H2,1-2H3,(H,71,74)/b14-12-. The van der Waals surface area contributed by atoms with Crippen LogP contribution < -0.4 is 5.32 Å². The first kappa shape index (κ1) is 74.6. The maximum atomic E-state index is 12.6. The van der Waals surface area contributed by atoms with Crippen molar-refractivity contribution in [2.45, 2.75) is 411 Å². The summed E-state index contributed by atoms with van der Waals surface area (Å²) in [5.41, 5.74) is 0. The van der Waals surface area contributed by atoms with Crippen molar-refractivity contribution in [2.24, 2.45) is 0 Å². The molecular weight excluding hydrogens is 935 g/mol. The molecule has 452 valence electrons. The van der Waals surface area contributed by atoms with E-state index >= 15 is 0 Å². The Morgan fingerprint density at radius 3 is 0.961 bits per heavy atom. The summed E-state index contributed by atoms with van der Waals surface area (Å²) in [4.78, 5) is 24.6. The van der Waals surface area contributed by atoms with Gasteiger partial charge in [-0.15, -0.1) is 0 Å². The van der Waals surface area contributed by atoms with Crippen LogP contribution in [0.3, 0.4) is 0 Å². The molecular formula is C70H137NO5. The lowest BCUT2D eigenvalue weighted by atomic mass is 10.0. The third-order valence-electron chi connectivity index (χ3n) is 16.6. The number of carbonyl (C=O) groups excluding carboxylic acids is 2. The Morgan fingerprint density at radius 1 is 0.355 bits per heavy atom. The number of nitrogens with one attached hydrogen (secondary N) is 1. The summed E-state index contributed by atoms with van der Waals surface area (Å²) in [7, 11) is 0. The molecule has 0 rings (SSSR count). The Labute approximate surface area is 476 Å². The highest BCUT2D eigenvalue weighted by Gasteiger charge is 2.20. The van der Waals surface area contributed by atoms with Crippen LogP contribution in [-0.2, 0) is 14.3 Å². The predicted molar refractivity (Wildman–Crippen MR) is 333 cm³/mol. The van der Waals surface area contributed by atoms with Crippen molar-refractivity contribution < 1.29 is 24.5 Å². The van der Waals surface area contributed by atoms with Gasteiger partial charge in [0.25, 0.3) is 0 Å². The van der Waals surface area contributed by atoms with Gasteiger partial charge in [0, 0.05) is 12.8 Å². The van der Waals surface area contributed by atoms with Gasteiger partial charge >= 0.3 is 5.97 Å². The van der Waals surface area contributed by atoms with E-state index in [0.29, 0.717) is 25.9 Å². The molecule has 2 atom stereocenters. The number of aliphatic hydroxyl groups excluding tert-OH is 2. The van der Waals surface area contributed by atoms with Crippen LogP contribution in [0.1, 0.15) is 399 Å². The molecule has 0 aromatic heterocycles. The van der Waals surface area contributed by atoms with Crippen molar-refractivity contribution >= 4 is 11.9 Å². The SMILES string of the molecule is CCCCC/C=C\CCCCCCCC(=O)OCCCCCCCCCCCCCCCCCCCCCCCCCC(=O)NC(CO)C(O)CCCCCCCCCCCCCCCCCCCCCCCCCC. The summed E-state index contributed by atoms with van der Waals surface area (Å²) >= 11 is 0. The number of allylic oxidation sites excluding steroid dienone is 2. The van der Waals surface area contributed by atoms with Crippen molar-refractivity contribution in [3.8, 4) is 0 Å². The van der Waals surface area contributed by atoms with E-state index in [0.717, 1.165) is 44.9 Å². The fourth-order valence-corrected chi connectivity index (χ4v) is 11.2. The van der Waals surface area contributed by atoms with Crippen molar-refractivity contribution in [1.82, 2.24) is 5.32 Å². The molecule has 0 saturated heterocycles. The van der Waals surface area contributed by atoms with Gasteiger partial charge in [-0.3, -0.25) is 9.59 Å². The molecule has 76 heavy (non-hydrogen) atoms. The van der Waals surface area contributed by atoms with E-state index in [1.54, 1.807) is 0 Å². The first-order valence-electron chi connectivity index (χ1n) is 34.9. The van der Waals surface area contributed by atoms with Gasteiger partial charge in [-0.25, -0.2) is 0 Å². The van der Waals surface area contributed by atoms with Gasteiger partial charge in [-0.05, 0) is 51.4 Å². The maximum Gasteiger partial charge on any atom is 0.305 e. The molecule has 0 radical (unpaired) electrons. The second kappa shape index (κ2) is 66.1. The summed E-state index contributed by atoms with van der Waals surface area (Å²) in [5.74, 6) is -0.0238. The summed E-state index contributed by atoms with van der Waals surface area (Å²) < 4.78 is 5.47. The average Bonchev–Trinajstić information content (AvgIpc) is 3.42. The van der Waals surface area contributed by atoms with Crippen LogP contribution in [-0.4, -0.2) is 47.4 Å². The Bertz CT molecular complexity index is 1140. The average molecular weight is 1070 g/mol. The van der Waals surface area contributed by atoms with Crippen molar-refractivity contribution in [3.63, 3.8) is 0 Å². The topological polar surface area (TPSA) is 95.9 Å². The van der Waals surface area contributed by atoms with E-state index in [1.165, 1.54) is 321 Å². The lowest BCUT2D eigenvalue weighted by Gasteiger charge is -2.22. The van der Waals surface area contributed by atoms with Crippen LogP contribution in [0.15, 0.2) is 12.2 Å². The molecule has 0 spiro atoms. The predicted octanol–water partition coefficient (Wildman–Crippen LogP) is 22.4. The Hall–Kier alpha value is -1.40. The molecule has 6 heteroatoms. The molecule has 0 aromatic carbocycles. The van der Waals surface area contributed by atoms with E-state index in [1.807, 2.05) is 0 Å². The van der Waals surface area contributed by atoms with E-state index in [4.69, 9.17) is 4.74 Å². The third kappa shape index (κ3) is 61.8. The van der Waals surface area contributed by atoms with Gasteiger partial charge in [-0.1, -0.05) is 347 Å². The minimum absolute atomic E-state index is 0.00544. The van der Waals surface area contributed by atoms with Gasteiger partial charge in [-0.2, -0.15) is 0 Å². The van der Waals surface area contributed by atoms with Gasteiger partial charge in [0.1, 0.15) is 0 Å². The number of amides is 1. The lowest BCUT2D eigenvalue weighted by molar-refractivity contribution is -0.143. The Balaban J connectivity index is 3.37. The molecule has 1 amide bonds. The number of ether oxygens (including phenoxy) is 1. The zero-order chi connectivity index (χ0) is 55.0. The number of carbonyl (C=O) groups is 2. The van der Waals surface area contributed by atoms with Crippen LogP contribution in [0.25, 0.3) is 0 Å². The lowest BCUT2D eigenvalue weighted by Crippen LogP contribution is -2.45. The fourth-order valence-electron chi connectivity index (χ4n) is 11.2. The maximum absolute atomic E-state index is 12.6. The number of hydrogen-bond acceptors (Lipinski definition) is 5. The molecule has 3 N–H and O–H groups in total. The second-order valence-corrected chi connectivity index (χ2v) is 24.2. The number of aliphatic hydroxyl groups is 2. The summed E-state index contributed by atoms with van der Waals surface area (Å²) in [6.45, 7) is 4.97. The van der Waals surface area contributed by atoms with E-state index in [2.05, 4.69) is 31.3 Å². The molecule has 0 fully saturated rings. The van der Waals surface area contributed by atoms with Crippen LogP contribution in [0, 0.1) is 0 Å². The molecule has 0 aliphatic heterocycles. The molecule has 0 saturated carbocycles. The smallest absolute Gasteiger partial charge is 0.305 e. The number of hydrogen-bond donors (Lipinski definition) is 3. The van der Waals surface area contributed by atoms with Crippen molar-refractivity contribution in [3.05, 3.63) is 12.2 Å². The van der Waals surface area contributed by atoms with Crippen molar-refractivity contribution in [1.29, 1.82) is 0 Å². The first-order chi connectivity index (χ1) is 37.5. The van der Waals surface area contributed by atoms with Crippen LogP contribution in [0.4, 0.5) is 0 Å². The van der Waals surface area contributed by atoms with E-state index < -0.39 is 12.1 Å². The van der Waals surface area contributed by atoms with Crippen LogP contribution in [0.2, 0.25) is 0 Å². The quantitative estimate of drug-likeness (QED) is 0.0320. The third-order valence-corrected chi connectivity index (χ3v) is 16.6. The Kier molecular flexibility index (Phi) is 64.9. The first-order valence-corrected chi connectivity index (χ1v) is 34.9. The van der Waals surface area contributed by atoms with Crippen molar-refractivity contribution in [2.75, 3.05) is 13.2 Å². The zero-order valence-electron chi connectivity index (χ0n) is 51.8. The number of rotatable bonds is 66. The summed E-state index contributed by atoms with van der Waals surface area (Å²) in [5, 5.41) is 23.4. The van der Waals surface area contributed by atoms with Gasteiger partial charge in [0.05, 0.1) is 25.4 Å². The van der Waals surface area contributed by atoms with E-state index in [9.17, 15) is 19.8 Å². The highest BCUT2D eigenvalue weighted by Crippen LogP contribution is 2.19. The molecule has 0 aliphatic carbocycles. The highest BCUT2D eigenvalue weighted by molar-refractivity contribution is 5.76. The second-order valence-electron chi connectivity index (χ2n) is 24.2. The summed E-state index contributed by atoms with van der Waals surface area (Å²) in [6.07, 6.45) is 81.1. The molecule has 6 nitrogen and oxygen atoms in total. The minimum atomic E-state index is -0.665. The highest BCUT2D eigenvalue weighted by atomic mass is 16.5. The molecule has 0 aromatic rings. The molecule has 0 heterocycles.